The molecule has 1 aromatic heterocycles. The van der Waals surface area contributed by atoms with E-state index in [4.69, 9.17) is 10.00 Å². The summed E-state index contributed by atoms with van der Waals surface area (Å²) in [6, 6.07) is 15.9. The lowest BCUT2D eigenvalue weighted by Gasteiger charge is -2.10. The zero-order chi connectivity index (χ0) is 18.0. The molecule has 0 fully saturated rings. The molecule has 25 heavy (non-hydrogen) atoms. The Morgan fingerprint density at radius 2 is 1.84 bits per heavy atom. The first-order valence-electron chi connectivity index (χ1n) is 7.81. The molecule has 6 nitrogen and oxygen atoms in total. The molecule has 0 saturated heterocycles. The van der Waals surface area contributed by atoms with Gasteiger partial charge in [-0.25, -0.2) is 14.0 Å². The van der Waals surface area contributed by atoms with Crippen LogP contribution in [0.5, 0.6) is 6.01 Å². The summed E-state index contributed by atoms with van der Waals surface area (Å²) < 4.78 is 7.97. The van der Waals surface area contributed by atoms with Crippen LogP contribution in [0, 0.1) is 18.3 Å². The fraction of sp³-hybridized carbons (Fsp3) is 0.211. The van der Waals surface area contributed by atoms with Gasteiger partial charge < -0.3 is 4.74 Å². The van der Waals surface area contributed by atoms with Crippen LogP contribution in [0.4, 0.5) is 0 Å². The largest absolute Gasteiger partial charge is 0.467 e. The van der Waals surface area contributed by atoms with Gasteiger partial charge in [-0.05, 0) is 47.4 Å². The minimum absolute atomic E-state index is 0.222. The highest BCUT2D eigenvalue weighted by atomic mass is 16.5. The molecule has 0 atom stereocenters. The van der Waals surface area contributed by atoms with Crippen molar-refractivity contribution >= 4 is 0 Å². The van der Waals surface area contributed by atoms with Crippen molar-refractivity contribution in [3.05, 3.63) is 69.6 Å². The number of benzene rings is 2. The molecule has 2 aromatic carbocycles. The molecule has 126 valence electrons. The molecule has 0 spiro atoms. The first-order chi connectivity index (χ1) is 12.0. The molecule has 0 aliphatic rings. The molecule has 3 rings (SSSR count). The van der Waals surface area contributed by atoms with E-state index < -0.39 is 0 Å². The Morgan fingerprint density at radius 1 is 1.16 bits per heavy atom. The van der Waals surface area contributed by atoms with Crippen LogP contribution in [0.15, 0.2) is 47.3 Å². The predicted molar refractivity (Wildman–Crippen MR) is 94.5 cm³/mol. The topological polar surface area (TPSA) is 72.8 Å². The number of aryl methyl sites for hydroxylation is 2. The third-order valence-corrected chi connectivity index (χ3v) is 4.18. The highest BCUT2D eigenvalue weighted by Gasteiger charge is 2.13. The Bertz CT molecular complexity index is 1010. The average Bonchev–Trinajstić information content (AvgIpc) is 2.91. The summed E-state index contributed by atoms with van der Waals surface area (Å²) in [7, 11) is 3.10. The lowest BCUT2D eigenvalue weighted by Crippen LogP contribution is -2.23. The molecule has 1 heterocycles. The van der Waals surface area contributed by atoms with Gasteiger partial charge in [-0.3, -0.25) is 0 Å². The third-order valence-electron chi connectivity index (χ3n) is 4.18. The summed E-state index contributed by atoms with van der Waals surface area (Å²) in [6.45, 7) is 2.39. The van der Waals surface area contributed by atoms with Crippen molar-refractivity contribution in [3.8, 4) is 23.2 Å². The maximum atomic E-state index is 12.2. The molecule has 0 N–H and O–H groups in total. The van der Waals surface area contributed by atoms with Crippen molar-refractivity contribution < 1.29 is 4.74 Å². The summed E-state index contributed by atoms with van der Waals surface area (Å²) in [5.41, 5.74) is 4.54. The van der Waals surface area contributed by atoms with Crippen LogP contribution in [-0.4, -0.2) is 21.5 Å². The number of methoxy groups -OCH3 is 1. The van der Waals surface area contributed by atoms with Crippen molar-refractivity contribution in [2.24, 2.45) is 7.05 Å². The lowest BCUT2D eigenvalue weighted by molar-refractivity contribution is 0.357. The van der Waals surface area contributed by atoms with E-state index in [0.717, 1.165) is 22.3 Å². The van der Waals surface area contributed by atoms with Gasteiger partial charge in [0.15, 0.2) is 0 Å². The number of nitrogens with zero attached hydrogens (tertiary/aromatic N) is 4. The number of aromatic nitrogens is 3. The van der Waals surface area contributed by atoms with E-state index >= 15 is 0 Å². The minimum Gasteiger partial charge on any atom is -0.467 e. The quantitative estimate of drug-likeness (QED) is 0.735. The van der Waals surface area contributed by atoms with Crippen LogP contribution in [-0.2, 0) is 13.6 Å². The summed E-state index contributed by atoms with van der Waals surface area (Å²) in [5, 5.41) is 13.0. The van der Waals surface area contributed by atoms with Crippen molar-refractivity contribution in [2.45, 2.75) is 13.5 Å². The fourth-order valence-corrected chi connectivity index (χ4v) is 2.70. The molecular formula is C19H18N4O2. The van der Waals surface area contributed by atoms with Gasteiger partial charge in [0.2, 0.25) is 0 Å². The van der Waals surface area contributed by atoms with Crippen LogP contribution in [0.25, 0.3) is 11.1 Å². The van der Waals surface area contributed by atoms with Gasteiger partial charge in [-0.15, -0.1) is 5.10 Å². The van der Waals surface area contributed by atoms with Crippen LogP contribution < -0.4 is 10.4 Å². The zero-order valence-corrected chi connectivity index (χ0v) is 14.4. The van der Waals surface area contributed by atoms with Gasteiger partial charge in [-0.1, -0.05) is 24.3 Å². The fourth-order valence-electron chi connectivity index (χ4n) is 2.70. The summed E-state index contributed by atoms with van der Waals surface area (Å²) >= 11 is 0. The van der Waals surface area contributed by atoms with Crippen LogP contribution in [0.2, 0.25) is 0 Å². The van der Waals surface area contributed by atoms with Crippen molar-refractivity contribution in [3.63, 3.8) is 0 Å². The third kappa shape index (κ3) is 3.17. The van der Waals surface area contributed by atoms with E-state index in [2.05, 4.69) is 17.2 Å². The monoisotopic (exact) mass is 334 g/mol. The molecule has 0 amide bonds. The van der Waals surface area contributed by atoms with Gasteiger partial charge >= 0.3 is 11.7 Å². The summed E-state index contributed by atoms with van der Waals surface area (Å²) in [6.07, 6.45) is 0. The molecule has 0 aliphatic carbocycles. The van der Waals surface area contributed by atoms with Gasteiger partial charge in [-0.2, -0.15) is 5.26 Å². The second-order valence-corrected chi connectivity index (χ2v) is 5.81. The van der Waals surface area contributed by atoms with Gasteiger partial charge in [0.25, 0.3) is 0 Å². The Balaban J connectivity index is 2.00. The predicted octanol–water partition coefficient (Wildman–Crippen LogP) is 2.49. The molecule has 0 unspecified atom stereocenters. The Hall–Kier alpha value is -3.33. The number of ether oxygens (including phenoxy) is 1. The van der Waals surface area contributed by atoms with E-state index in [1.807, 2.05) is 31.2 Å². The maximum absolute atomic E-state index is 12.2. The van der Waals surface area contributed by atoms with Gasteiger partial charge in [0, 0.05) is 7.05 Å². The Morgan fingerprint density at radius 3 is 2.48 bits per heavy atom. The first kappa shape index (κ1) is 16.5. The smallest absolute Gasteiger partial charge is 0.348 e. The highest BCUT2D eigenvalue weighted by molar-refractivity contribution is 5.65. The van der Waals surface area contributed by atoms with Gasteiger partial charge in [0.1, 0.15) is 0 Å². The molecule has 0 aliphatic heterocycles. The van der Waals surface area contributed by atoms with Crippen LogP contribution in [0.3, 0.4) is 0 Å². The zero-order valence-electron chi connectivity index (χ0n) is 14.4. The number of rotatable bonds is 4. The minimum atomic E-state index is -0.222. The van der Waals surface area contributed by atoms with Gasteiger partial charge in [0.05, 0.1) is 25.3 Å². The number of hydrogen-bond donors (Lipinski definition) is 0. The molecule has 0 radical (unpaired) electrons. The van der Waals surface area contributed by atoms with E-state index in [-0.39, 0.29) is 11.7 Å². The maximum Gasteiger partial charge on any atom is 0.348 e. The van der Waals surface area contributed by atoms with E-state index in [9.17, 15) is 4.79 Å². The lowest BCUT2D eigenvalue weighted by atomic mass is 9.99. The summed E-state index contributed by atoms with van der Waals surface area (Å²) in [4.78, 5) is 12.2. The SMILES string of the molecule is COc1nn(C)c(=O)n1Cc1cc(-c2ccc(C#N)cc2)ccc1C. The van der Waals surface area contributed by atoms with E-state index in [0.29, 0.717) is 12.1 Å². The van der Waals surface area contributed by atoms with E-state index in [1.165, 1.54) is 16.4 Å². The molecule has 0 saturated carbocycles. The normalized spacial score (nSPS) is 10.5. The van der Waals surface area contributed by atoms with Crippen LogP contribution >= 0.6 is 0 Å². The Kier molecular flexibility index (Phi) is 4.40. The molecule has 6 heteroatoms. The van der Waals surface area contributed by atoms with Crippen molar-refractivity contribution in [1.82, 2.24) is 14.3 Å². The number of nitriles is 1. The second kappa shape index (κ2) is 6.65. The highest BCUT2D eigenvalue weighted by Crippen LogP contribution is 2.24. The molecular weight excluding hydrogens is 316 g/mol. The van der Waals surface area contributed by atoms with E-state index in [1.54, 1.807) is 19.2 Å². The average molecular weight is 334 g/mol. The number of hydrogen-bond acceptors (Lipinski definition) is 4. The molecule has 3 aromatic rings. The Labute approximate surface area is 145 Å². The van der Waals surface area contributed by atoms with Crippen molar-refractivity contribution in [1.29, 1.82) is 5.26 Å². The molecule has 0 bridgehead atoms. The second-order valence-electron chi connectivity index (χ2n) is 5.81. The summed E-state index contributed by atoms with van der Waals surface area (Å²) in [5.74, 6) is 0. The first-order valence-corrected chi connectivity index (χ1v) is 7.81. The standard InChI is InChI=1S/C19H18N4O2/c1-13-4-7-16(15-8-5-14(11-20)6-9-15)10-17(13)12-23-18(25-3)21-22(2)19(23)24/h4-10H,12H2,1-3H3. The van der Waals surface area contributed by atoms with Crippen LogP contribution in [0.1, 0.15) is 16.7 Å². The van der Waals surface area contributed by atoms with Crippen molar-refractivity contribution in [2.75, 3.05) is 7.11 Å².